The maximum Gasteiger partial charge on any atom is 0.246 e. The largest absolute Gasteiger partial charge is 0.342 e. The Morgan fingerprint density at radius 2 is 2.09 bits per heavy atom. The van der Waals surface area contributed by atoms with E-state index in [0.717, 1.165) is 32.8 Å². The van der Waals surface area contributed by atoms with Crippen molar-refractivity contribution < 1.29 is 4.79 Å². The first kappa shape index (κ1) is 15.3. The standard InChI is InChI=1S/C18H18ClNOS/c1-20(12-13-6-7-13)18(21)11-9-14-8-10-17(22-14)15-4-2-3-5-16(15)19/h2-5,8-11,13H,6-7,12H2,1H3. The van der Waals surface area contributed by atoms with Crippen molar-refractivity contribution >= 4 is 34.9 Å². The van der Waals surface area contributed by atoms with Crippen molar-refractivity contribution in [3.05, 3.63) is 52.4 Å². The van der Waals surface area contributed by atoms with Crippen molar-refractivity contribution in [2.75, 3.05) is 13.6 Å². The Labute approximate surface area is 140 Å². The van der Waals surface area contributed by atoms with E-state index in [9.17, 15) is 4.79 Å². The number of hydrogen-bond donors (Lipinski definition) is 0. The van der Waals surface area contributed by atoms with Crippen LogP contribution < -0.4 is 0 Å². The van der Waals surface area contributed by atoms with Gasteiger partial charge in [0.05, 0.1) is 0 Å². The Balaban J connectivity index is 1.67. The molecule has 1 saturated carbocycles. The minimum absolute atomic E-state index is 0.0691. The fraction of sp³-hybridized carbons (Fsp3) is 0.278. The lowest BCUT2D eigenvalue weighted by atomic mass is 10.2. The van der Waals surface area contributed by atoms with Gasteiger partial charge in [0, 0.05) is 40.0 Å². The number of halogens is 1. The van der Waals surface area contributed by atoms with Crippen LogP contribution in [-0.4, -0.2) is 24.4 Å². The second kappa shape index (κ2) is 6.67. The lowest BCUT2D eigenvalue weighted by Gasteiger charge is -2.13. The van der Waals surface area contributed by atoms with Crippen LogP contribution in [0.3, 0.4) is 0 Å². The van der Waals surface area contributed by atoms with Gasteiger partial charge in [-0.3, -0.25) is 4.79 Å². The highest BCUT2D eigenvalue weighted by Crippen LogP contribution is 2.33. The molecule has 1 aliphatic carbocycles. The number of rotatable bonds is 5. The molecule has 114 valence electrons. The molecule has 1 aliphatic rings. The molecule has 1 heterocycles. The summed E-state index contributed by atoms with van der Waals surface area (Å²) in [5.41, 5.74) is 1.03. The van der Waals surface area contributed by atoms with Gasteiger partial charge in [-0.05, 0) is 43.0 Å². The van der Waals surface area contributed by atoms with Gasteiger partial charge in [-0.15, -0.1) is 11.3 Å². The molecule has 2 aromatic rings. The van der Waals surface area contributed by atoms with Crippen LogP contribution in [0, 0.1) is 5.92 Å². The first-order valence-corrected chi connectivity index (χ1v) is 8.61. The van der Waals surface area contributed by atoms with E-state index < -0.39 is 0 Å². The second-order valence-electron chi connectivity index (χ2n) is 5.68. The third kappa shape index (κ3) is 3.79. The second-order valence-corrected chi connectivity index (χ2v) is 7.20. The molecule has 22 heavy (non-hydrogen) atoms. The Bertz CT molecular complexity index is 703. The summed E-state index contributed by atoms with van der Waals surface area (Å²) in [6.45, 7) is 0.873. The van der Waals surface area contributed by atoms with Gasteiger partial charge >= 0.3 is 0 Å². The smallest absolute Gasteiger partial charge is 0.246 e. The molecule has 0 unspecified atom stereocenters. The van der Waals surface area contributed by atoms with E-state index in [1.54, 1.807) is 22.3 Å². The van der Waals surface area contributed by atoms with Crippen molar-refractivity contribution in [2.24, 2.45) is 5.92 Å². The topological polar surface area (TPSA) is 20.3 Å². The Kier molecular flexibility index (Phi) is 4.65. The van der Waals surface area contributed by atoms with E-state index >= 15 is 0 Å². The summed E-state index contributed by atoms with van der Waals surface area (Å²) < 4.78 is 0. The van der Waals surface area contributed by atoms with Crippen LogP contribution in [0.15, 0.2) is 42.5 Å². The zero-order valence-corrected chi connectivity index (χ0v) is 14.0. The number of amides is 1. The van der Waals surface area contributed by atoms with Crippen LogP contribution in [0.1, 0.15) is 17.7 Å². The predicted octanol–water partition coefficient (Wildman–Crippen LogP) is 4.95. The van der Waals surface area contributed by atoms with Gasteiger partial charge in [0.1, 0.15) is 0 Å². The molecule has 0 radical (unpaired) electrons. The van der Waals surface area contributed by atoms with Crippen molar-refractivity contribution in [1.82, 2.24) is 4.90 Å². The summed E-state index contributed by atoms with van der Waals surface area (Å²) in [5.74, 6) is 0.788. The summed E-state index contributed by atoms with van der Waals surface area (Å²) in [6.07, 6.45) is 6.06. The molecule has 0 saturated heterocycles. The van der Waals surface area contributed by atoms with Crippen molar-refractivity contribution in [3.63, 3.8) is 0 Å². The summed E-state index contributed by atoms with van der Waals surface area (Å²) in [6, 6.07) is 11.9. The van der Waals surface area contributed by atoms with Gasteiger partial charge in [0.15, 0.2) is 0 Å². The summed E-state index contributed by atoms with van der Waals surface area (Å²) in [5, 5.41) is 0.750. The zero-order valence-electron chi connectivity index (χ0n) is 12.5. The van der Waals surface area contributed by atoms with E-state index in [1.165, 1.54) is 12.8 Å². The molecule has 0 spiro atoms. The first-order valence-electron chi connectivity index (χ1n) is 7.41. The molecule has 0 N–H and O–H groups in total. The number of likely N-dealkylation sites (N-methyl/N-ethyl adjacent to an activating group) is 1. The SMILES string of the molecule is CN(CC1CC1)C(=O)C=Cc1ccc(-c2ccccc2Cl)s1. The van der Waals surface area contributed by atoms with Crippen LogP contribution in [0.5, 0.6) is 0 Å². The summed E-state index contributed by atoms with van der Waals surface area (Å²) in [4.78, 5) is 16.0. The quantitative estimate of drug-likeness (QED) is 0.710. The average Bonchev–Trinajstić information content (AvgIpc) is 3.20. The normalized spacial score (nSPS) is 14.5. The number of thiophene rings is 1. The Morgan fingerprint density at radius 3 is 2.82 bits per heavy atom. The van der Waals surface area contributed by atoms with E-state index in [2.05, 4.69) is 0 Å². The number of carbonyl (C=O) groups is 1. The summed E-state index contributed by atoms with van der Waals surface area (Å²) >= 11 is 7.86. The molecule has 1 amide bonds. The Hall–Kier alpha value is -1.58. The van der Waals surface area contributed by atoms with Crippen LogP contribution in [0.4, 0.5) is 0 Å². The van der Waals surface area contributed by atoms with Crippen molar-refractivity contribution in [2.45, 2.75) is 12.8 Å². The van der Waals surface area contributed by atoms with Gasteiger partial charge in [-0.2, -0.15) is 0 Å². The number of hydrogen-bond acceptors (Lipinski definition) is 2. The molecular formula is C18H18ClNOS. The predicted molar refractivity (Wildman–Crippen MR) is 94.2 cm³/mol. The molecule has 0 aliphatic heterocycles. The molecule has 0 bridgehead atoms. The maximum absolute atomic E-state index is 12.0. The fourth-order valence-electron chi connectivity index (χ4n) is 2.31. The van der Waals surface area contributed by atoms with Gasteiger partial charge in [-0.1, -0.05) is 29.8 Å². The first-order chi connectivity index (χ1) is 10.6. The highest BCUT2D eigenvalue weighted by molar-refractivity contribution is 7.16. The number of benzene rings is 1. The minimum atomic E-state index is 0.0691. The van der Waals surface area contributed by atoms with Gasteiger partial charge in [0.25, 0.3) is 0 Å². The maximum atomic E-state index is 12.0. The van der Waals surface area contributed by atoms with E-state index in [1.807, 2.05) is 49.5 Å². The van der Waals surface area contributed by atoms with E-state index in [4.69, 9.17) is 11.6 Å². The molecule has 1 aromatic carbocycles. The van der Waals surface area contributed by atoms with Gasteiger partial charge < -0.3 is 4.90 Å². The van der Waals surface area contributed by atoms with Crippen molar-refractivity contribution in [1.29, 1.82) is 0 Å². The van der Waals surface area contributed by atoms with Crippen LogP contribution in [0.2, 0.25) is 5.02 Å². The molecule has 0 atom stereocenters. The third-order valence-corrected chi connectivity index (χ3v) is 5.17. The van der Waals surface area contributed by atoms with Gasteiger partial charge in [-0.25, -0.2) is 0 Å². The monoisotopic (exact) mass is 331 g/mol. The highest BCUT2D eigenvalue weighted by atomic mass is 35.5. The third-order valence-electron chi connectivity index (χ3n) is 3.76. The molecule has 1 fully saturated rings. The van der Waals surface area contributed by atoms with E-state index in [0.29, 0.717) is 0 Å². The Morgan fingerprint density at radius 1 is 1.32 bits per heavy atom. The average molecular weight is 332 g/mol. The molecule has 4 heteroatoms. The number of nitrogens with zero attached hydrogens (tertiary/aromatic N) is 1. The van der Waals surface area contributed by atoms with Crippen molar-refractivity contribution in [3.8, 4) is 10.4 Å². The molecule has 2 nitrogen and oxygen atoms in total. The highest BCUT2D eigenvalue weighted by Gasteiger charge is 2.23. The van der Waals surface area contributed by atoms with E-state index in [-0.39, 0.29) is 5.91 Å². The lowest BCUT2D eigenvalue weighted by Crippen LogP contribution is -2.26. The minimum Gasteiger partial charge on any atom is -0.342 e. The van der Waals surface area contributed by atoms with Crippen LogP contribution in [0.25, 0.3) is 16.5 Å². The number of carbonyl (C=O) groups excluding carboxylic acids is 1. The fourth-order valence-corrected chi connectivity index (χ4v) is 3.55. The van der Waals surface area contributed by atoms with Gasteiger partial charge in [0.2, 0.25) is 5.91 Å². The van der Waals surface area contributed by atoms with Crippen LogP contribution in [-0.2, 0) is 4.79 Å². The zero-order chi connectivity index (χ0) is 15.5. The van der Waals surface area contributed by atoms with Crippen LogP contribution >= 0.6 is 22.9 Å². The molecular weight excluding hydrogens is 314 g/mol. The lowest BCUT2D eigenvalue weighted by molar-refractivity contribution is -0.124. The molecule has 3 rings (SSSR count). The molecule has 1 aromatic heterocycles. The summed E-state index contributed by atoms with van der Waals surface area (Å²) in [7, 11) is 1.87.